The third-order valence-electron chi connectivity index (χ3n) is 3.24. The molecule has 1 aliphatic rings. The number of hydrogen-bond acceptors (Lipinski definition) is 5. The summed E-state index contributed by atoms with van der Waals surface area (Å²) in [5.41, 5.74) is -0.228. The smallest absolute Gasteiger partial charge is 0.387 e. The van der Waals surface area contributed by atoms with Crippen LogP contribution in [0.25, 0.3) is 0 Å². The van der Waals surface area contributed by atoms with Crippen molar-refractivity contribution in [1.29, 1.82) is 0 Å². The Hall–Kier alpha value is -2.56. The second-order valence-electron chi connectivity index (χ2n) is 4.93. The number of halogens is 4. The average molecular weight is 367 g/mol. The van der Waals surface area contributed by atoms with Gasteiger partial charge in [0.25, 0.3) is 5.91 Å². The van der Waals surface area contributed by atoms with E-state index in [4.69, 9.17) is 9.84 Å². The standard InChI is InChI=1S/C14H13F4NO6/c15-13(16)23-6-1-2-7(10(5-6)25-14(17)18)19-11(20)8-3-4-9(24-8)12(21)22/h1-2,5,8-9,13-14H,3-4H2,(H,19,20)(H,21,22)/t8-,9+/m0/s1. The number of hydrogen-bond donors (Lipinski definition) is 2. The maximum absolute atomic E-state index is 12.5. The highest BCUT2D eigenvalue weighted by Crippen LogP contribution is 2.32. The van der Waals surface area contributed by atoms with E-state index in [0.29, 0.717) is 0 Å². The Morgan fingerprint density at radius 1 is 1.12 bits per heavy atom. The molecule has 138 valence electrons. The lowest BCUT2D eigenvalue weighted by atomic mass is 10.2. The van der Waals surface area contributed by atoms with E-state index in [9.17, 15) is 27.2 Å². The van der Waals surface area contributed by atoms with Crippen LogP contribution in [0.2, 0.25) is 0 Å². The van der Waals surface area contributed by atoms with E-state index in [-0.39, 0.29) is 18.5 Å². The number of carbonyl (C=O) groups excluding carboxylic acids is 1. The highest BCUT2D eigenvalue weighted by Gasteiger charge is 2.35. The molecular formula is C14H13F4NO6. The van der Waals surface area contributed by atoms with Gasteiger partial charge in [0.1, 0.15) is 11.9 Å². The molecule has 2 N–H and O–H groups in total. The van der Waals surface area contributed by atoms with Crippen molar-refractivity contribution in [3.8, 4) is 11.5 Å². The van der Waals surface area contributed by atoms with Gasteiger partial charge in [0.05, 0.1) is 5.69 Å². The van der Waals surface area contributed by atoms with Crippen molar-refractivity contribution in [3.63, 3.8) is 0 Å². The number of aliphatic carboxylic acids is 1. The molecule has 1 amide bonds. The topological polar surface area (TPSA) is 94.1 Å². The van der Waals surface area contributed by atoms with Crippen molar-refractivity contribution in [2.75, 3.05) is 5.32 Å². The zero-order valence-electron chi connectivity index (χ0n) is 12.5. The average Bonchev–Trinajstić information content (AvgIpc) is 2.99. The van der Waals surface area contributed by atoms with Crippen LogP contribution >= 0.6 is 0 Å². The van der Waals surface area contributed by atoms with Gasteiger partial charge in [-0.05, 0) is 25.0 Å². The van der Waals surface area contributed by atoms with Gasteiger partial charge < -0.3 is 24.6 Å². The maximum Gasteiger partial charge on any atom is 0.387 e. The molecule has 1 aliphatic heterocycles. The number of rotatable bonds is 7. The van der Waals surface area contributed by atoms with Gasteiger partial charge in [-0.3, -0.25) is 4.79 Å². The van der Waals surface area contributed by atoms with Crippen LogP contribution in [0.15, 0.2) is 18.2 Å². The minimum atomic E-state index is -3.27. The summed E-state index contributed by atoms with van der Waals surface area (Å²) in [5, 5.41) is 11.1. The molecule has 1 fully saturated rings. The van der Waals surface area contributed by atoms with Crippen molar-refractivity contribution < 1.29 is 46.5 Å². The number of carboxylic acid groups (broad SMARTS) is 1. The summed E-state index contributed by atoms with van der Waals surface area (Å²) in [5.74, 6) is -3.02. The highest BCUT2D eigenvalue weighted by atomic mass is 19.3. The predicted octanol–water partition coefficient (Wildman–Crippen LogP) is 2.46. The van der Waals surface area contributed by atoms with Crippen molar-refractivity contribution in [2.45, 2.75) is 38.3 Å². The molecule has 0 unspecified atom stereocenters. The fraction of sp³-hybridized carbons (Fsp3) is 0.429. The Labute approximate surface area is 138 Å². The number of nitrogens with one attached hydrogen (secondary N) is 1. The molecule has 1 saturated heterocycles. The fourth-order valence-electron chi connectivity index (χ4n) is 2.20. The van der Waals surface area contributed by atoms with E-state index < -0.39 is 48.8 Å². The molecule has 0 aromatic heterocycles. The molecular weight excluding hydrogens is 354 g/mol. The summed E-state index contributed by atoms with van der Waals surface area (Å²) >= 11 is 0. The third-order valence-corrected chi connectivity index (χ3v) is 3.24. The van der Waals surface area contributed by atoms with Crippen LogP contribution in [-0.2, 0) is 14.3 Å². The van der Waals surface area contributed by atoms with Crippen LogP contribution in [0.5, 0.6) is 11.5 Å². The van der Waals surface area contributed by atoms with E-state index in [0.717, 1.165) is 18.2 Å². The number of anilines is 1. The van der Waals surface area contributed by atoms with Crippen molar-refractivity contribution in [1.82, 2.24) is 0 Å². The Kier molecular flexibility index (Phi) is 6.02. The van der Waals surface area contributed by atoms with Crippen LogP contribution in [0.1, 0.15) is 12.8 Å². The third kappa shape index (κ3) is 5.21. The van der Waals surface area contributed by atoms with Crippen LogP contribution in [0.3, 0.4) is 0 Å². The van der Waals surface area contributed by atoms with Gasteiger partial charge in [-0.15, -0.1) is 0 Å². The van der Waals surface area contributed by atoms with Gasteiger partial charge in [0, 0.05) is 6.07 Å². The summed E-state index contributed by atoms with van der Waals surface area (Å²) < 4.78 is 62.6. The number of amides is 1. The lowest BCUT2D eigenvalue weighted by molar-refractivity contribution is -0.150. The van der Waals surface area contributed by atoms with Crippen LogP contribution in [0.4, 0.5) is 23.2 Å². The van der Waals surface area contributed by atoms with E-state index in [1.165, 1.54) is 0 Å². The normalized spacial score (nSPS) is 19.9. The van der Waals surface area contributed by atoms with Crippen molar-refractivity contribution in [2.24, 2.45) is 0 Å². The minimum Gasteiger partial charge on any atom is -0.479 e. The van der Waals surface area contributed by atoms with Crippen molar-refractivity contribution >= 4 is 17.6 Å². The largest absolute Gasteiger partial charge is 0.479 e. The van der Waals surface area contributed by atoms with Crippen molar-refractivity contribution in [3.05, 3.63) is 18.2 Å². The first kappa shape index (κ1) is 18.8. The summed E-state index contributed by atoms with van der Waals surface area (Å²) in [6.07, 6.45) is -1.97. The van der Waals surface area contributed by atoms with Crippen LogP contribution < -0.4 is 14.8 Å². The summed E-state index contributed by atoms with van der Waals surface area (Å²) in [4.78, 5) is 22.9. The summed E-state index contributed by atoms with van der Waals surface area (Å²) in [6, 6.07) is 2.83. The Morgan fingerprint density at radius 3 is 2.32 bits per heavy atom. The molecule has 0 spiro atoms. The Morgan fingerprint density at radius 2 is 1.76 bits per heavy atom. The van der Waals surface area contributed by atoms with Crippen LogP contribution in [0, 0.1) is 0 Å². The quantitative estimate of drug-likeness (QED) is 0.719. The first-order chi connectivity index (χ1) is 11.8. The molecule has 0 bridgehead atoms. The molecule has 1 aromatic rings. The first-order valence-corrected chi connectivity index (χ1v) is 6.99. The fourth-order valence-corrected chi connectivity index (χ4v) is 2.20. The monoisotopic (exact) mass is 367 g/mol. The van der Waals surface area contributed by atoms with Gasteiger partial charge in [-0.1, -0.05) is 0 Å². The van der Waals surface area contributed by atoms with Gasteiger partial charge in [-0.25, -0.2) is 4.79 Å². The number of ether oxygens (including phenoxy) is 3. The van der Waals surface area contributed by atoms with E-state index in [1.54, 1.807) is 0 Å². The van der Waals surface area contributed by atoms with Crippen LogP contribution in [-0.4, -0.2) is 42.4 Å². The second kappa shape index (κ2) is 8.01. The Bertz CT molecular complexity index is 642. The zero-order chi connectivity index (χ0) is 18.6. The maximum atomic E-state index is 12.5. The molecule has 7 nitrogen and oxygen atoms in total. The number of carbonyl (C=O) groups is 2. The molecule has 25 heavy (non-hydrogen) atoms. The number of benzene rings is 1. The summed E-state index contributed by atoms with van der Waals surface area (Å²) in [6.45, 7) is -6.43. The molecule has 2 rings (SSSR count). The molecule has 2 atom stereocenters. The van der Waals surface area contributed by atoms with Gasteiger partial charge in [0.2, 0.25) is 0 Å². The van der Waals surface area contributed by atoms with E-state index in [1.807, 2.05) is 0 Å². The Balaban J connectivity index is 2.11. The number of carboxylic acids is 1. The first-order valence-electron chi connectivity index (χ1n) is 6.99. The molecule has 1 aromatic carbocycles. The molecule has 0 aliphatic carbocycles. The summed E-state index contributed by atoms with van der Waals surface area (Å²) in [7, 11) is 0. The van der Waals surface area contributed by atoms with Gasteiger partial charge in [-0.2, -0.15) is 17.6 Å². The molecule has 11 heteroatoms. The zero-order valence-corrected chi connectivity index (χ0v) is 12.5. The second-order valence-corrected chi connectivity index (χ2v) is 4.93. The van der Waals surface area contributed by atoms with E-state index in [2.05, 4.69) is 14.8 Å². The SMILES string of the molecule is O=C(Nc1ccc(OC(F)F)cc1OC(F)F)[C@@H]1CC[C@H](C(=O)O)O1. The molecule has 1 heterocycles. The predicted molar refractivity (Wildman–Crippen MR) is 73.9 cm³/mol. The lowest BCUT2D eigenvalue weighted by Crippen LogP contribution is -2.30. The minimum absolute atomic E-state index is 0.120. The van der Waals surface area contributed by atoms with E-state index >= 15 is 0 Å². The molecule has 0 saturated carbocycles. The number of alkyl halides is 4. The van der Waals surface area contributed by atoms with Gasteiger partial charge >= 0.3 is 19.2 Å². The molecule has 0 radical (unpaired) electrons. The highest BCUT2D eigenvalue weighted by molar-refractivity contribution is 5.96. The lowest BCUT2D eigenvalue weighted by Gasteiger charge is -2.16. The van der Waals surface area contributed by atoms with Gasteiger partial charge in [0.15, 0.2) is 11.9 Å².